The van der Waals surface area contributed by atoms with Crippen LogP contribution in [0.4, 0.5) is 5.95 Å². The number of aromatic nitrogens is 3. The van der Waals surface area contributed by atoms with E-state index in [1.165, 1.54) is 0 Å². The quantitative estimate of drug-likeness (QED) is 0.649. The van der Waals surface area contributed by atoms with Gasteiger partial charge in [0.1, 0.15) is 17.5 Å². The van der Waals surface area contributed by atoms with Crippen molar-refractivity contribution in [3.05, 3.63) is 64.3 Å². The summed E-state index contributed by atoms with van der Waals surface area (Å²) in [7, 11) is 3.13. The van der Waals surface area contributed by atoms with Gasteiger partial charge in [-0.05, 0) is 37.3 Å². The van der Waals surface area contributed by atoms with E-state index in [4.69, 9.17) is 26.8 Å². The van der Waals surface area contributed by atoms with Crippen LogP contribution in [-0.4, -0.2) is 34.9 Å². The minimum Gasteiger partial charge on any atom is -0.497 e. The van der Waals surface area contributed by atoms with Crippen molar-refractivity contribution in [2.24, 2.45) is 5.73 Å². The lowest BCUT2D eigenvalue weighted by atomic mass is 9.94. The number of carbonyl (C=O) groups is 1. The van der Waals surface area contributed by atoms with E-state index in [2.05, 4.69) is 15.4 Å². The van der Waals surface area contributed by atoms with Crippen LogP contribution < -0.4 is 20.5 Å². The van der Waals surface area contributed by atoms with Crippen LogP contribution in [-0.2, 0) is 4.79 Å². The lowest BCUT2D eigenvalue weighted by molar-refractivity contribution is -0.115. The van der Waals surface area contributed by atoms with Crippen molar-refractivity contribution in [3.8, 4) is 22.9 Å². The van der Waals surface area contributed by atoms with Crippen LogP contribution >= 0.6 is 11.6 Å². The molecule has 0 fully saturated rings. The molecule has 8 nitrogen and oxygen atoms in total. The molecule has 154 valence electrons. The van der Waals surface area contributed by atoms with Crippen molar-refractivity contribution < 1.29 is 14.3 Å². The van der Waals surface area contributed by atoms with Crippen LogP contribution in [0, 0.1) is 0 Å². The third-order valence-electron chi connectivity index (χ3n) is 4.93. The molecule has 3 N–H and O–H groups in total. The van der Waals surface area contributed by atoms with E-state index in [-0.39, 0.29) is 0 Å². The summed E-state index contributed by atoms with van der Waals surface area (Å²) in [6.45, 7) is 1.77. The maximum Gasteiger partial charge on any atom is 0.248 e. The third-order valence-corrected chi connectivity index (χ3v) is 5.17. The molecule has 1 aliphatic heterocycles. The van der Waals surface area contributed by atoms with Gasteiger partial charge in [0.15, 0.2) is 5.82 Å². The van der Waals surface area contributed by atoms with Crippen LogP contribution in [0.5, 0.6) is 11.5 Å². The number of primary amides is 1. The summed E-state index contributed by atoms with van der Waals surface area (Å²) in [5.41, 5.74) is 8.13. The number of carbonyl (C=O) groups excluding carboxylic acids is 1. The number of anilines is 1. The van der Waals surface area contributed by atoms with Crippen molar-refractivity contribution in [2.45, 2.75) is 13.0 Å². The highest BCUT2D eigenvalue weighted by atomic mass is 35.5. The smallest absolute Gasteiger partial charge is 0.248 e. The molecule has 0 radical (unpaired) electrons. The van der Waals surface area contributed by atoms with Crippen LogP contribution in [0.15, 0.2) is 53.7 Å². The molecule has 0 saturated heterocycles. The van der Waals surface area contributed by atoms with Gasteiger partial charge in [-0.3, -0.25) is 4.79 Å². The lowest BCUT2D eigenvalue weighted by Gasteiger charge is -2.28. The van der Waals surface area contributed by atoms with Gasteiger partial charge in [0.05, 0.1) is 19.8 Å². The molecule has 0 aliphatic carbocycles. The summed E-state index contributed by atoms with van der Waals surface area (Å²) in [4.78, 5) is 17.0. The summed E-state index contributed by atoms with van der Waals surface area (Å²) in [6.07, 6.45) is 0. The van der Waals surface area contributed by atoms with Crippen LogP contribution in [0.2, 0.25) is 5.02 Å². The second kappa shape index (κ2) is 7.72. The SMILES string of the molecule is COc1ccc(OC)c([C@H]2C(C(N)=O)=C(C)Nc3nc(-c4cccc(Cl)c4)nn32)c1. The Morgan fingerprint density at radius 3 is 2.67 bits per heavy atom. The standard InChI is InChI=1S/C21H20ClN5O3/c1-11-17(19(23)28)18(15-10-14(29-2)7-8-16(15)30-3)27-21(24-11)25-20(26-27)12-5-4-6-13(22)9-12/h4-10,18H,1-3H3,(H2,23,28)(H,24,25,26)/t18-/m0/s1. The van der Waals surface area contributed by atoms with E-state index in [9.17, 15) is 4.79 Å². The van der Waals surface area contributed by atoms with Gasteiger partial charge in [0.25, 0.3) is 0 Å². The minimum atomic E-state index is -0.649. The molecule has 4 rings (SSSR count). The summed E-state index contributed by atoms with van der Waals surface area (Å²) in [5.74, 6) is 1.55. The van der Waals surface area contributed by atoms with E-state index in [1.807, 2.05) is 12.1 Å². The number of nitrogens with two attached hydrogens (primary N) is 1. The Morgan fingerprint density at radius 1 is 1.20 bits per heavy atom. The van der Waals surface area contributed by atoms with E-state index < -0.39 is 11.9 Å². The molecule has 0 saturated carbocycles. The first-order valence-electron chi connectivity index (χ1n) is 9.15. The molecule has 0 unspecified atom stereocenters. The van der Waals surface area contributed by atoms with E-state index in [0.717, 1.165) is 5.56 Å². The second-order valence-electron chi connectivity index (χ2n) is 6.75. The Bertz CT molecular complexity index is 1170. The number of allylic oxidation sites excluding steroid dienone is 1. The average molecular weight is 426 g/mol. The van der Waals surface area contributed by atoms with Gasteiger partial charge < -0.3 is 20.5 Å². The molecular weight excluding hydrogens is 406 g/mol. The Hall–Kier alpha value is -3.52. The Labute approximate surface area is 178 Å². The predicted molar refractivity (Wildman–Crippen MR) is 114 cm³/mol. The largest absolute Gasteiger partial charge is 0.497 e. The molecule has 3 aromatic rings. The summed E-state index contributed by atoms with van der Waals surface area (Å²) in [5, 5.41) is 8.36. The Morgan fingerprint density at radius 2 is 2.00 bits per heavy atom. The lowest BCUT2D eigenvalue weighted by Crippen LogP contribution is -2.32. The van der Waals surface area contributed by atoms with E-state index >= 15 is 0 Å². The van der Waals surface area contributed by atoms with Gasteiger partial charge in [0.2, 0.25) is 11.9 Å². The van der Waals surface area contributed by atoms with Crippen LogP contribution in [0.1, 0.15) is 18.5 Å². The molecule has 1 amide bonds. The zero-order chi connectivity index (χ0) is 21.4. The van der Waals surface area contributed by atoms with Crippen molar-refractivity contribution in [3.63, 3.8) is 0 Å². The number of rotatable bonds is 5. The Balaban J connectivity index is 1.94. The van der Waals surface area contributed by atoms with E-state index in [1.54, 1.807) is 56.2 Å². The maximum absolute atomic E-state index is 12.4. The van der Waals surface area contributed by atoms with Gasteiger partial charge >= 0.3 is 0 Å². The second-order valence-corrected chi connectivity index (χ2v) is 7.19. The number of ether oxygens (including phenoxy) is 2. The monoisotopic (exact) mass is 425 g/mol. The number of hydrogen-bond donors (Lipinski definition) is 2. The number of nitrogens with zero attached hydrogens (tertiary/aromatic N) is 3. The fraction of sp³-hybridized carbons (Fsp3) is 0.190. The number of halogens is 1. The van der Waals surface area contributed by atoms with Gasteiger partial charge in [0, 0.05) is 21.8 Å². The fourth-order valence-corrected chi connectivity index (χ4v) is 3.75. The highest BCUT2D eigenvalue weighted by Crippen LogP contribution is 2.41. The van der Waals surface area contributed by atoms with Crippen LogP contribution in [0.25, 0.3) is 11.4 Å². The molecule has 30 heavy (non-hydrogen) atoms. The Kier molecular flexibility index (Phi) is 5.09. The van der Waals surface area contributed by atoms with Gasteiger partial charge in [-0.2, -0.15) is 4.98 Å². The number of hydrogen-bond acceptors (Lipinski definition) is 6. The highest BCUT2D eigenvalue weighted by Gasteiger charge is 2.35. The zero-order valence-electron chi connectivity index (χ0n) is 16.6. The fourth-order valence-electron chi connectivity index (χ4n) is 3.56. The summed E-state index contributed by atoms with van der Waals surface area (Å²) >= 11 is 6.13. The van der Waals surface area contributed by atoms with Crippen LogP contribution in [0.3, 0.4) is 0 Å². The molecule has 0 bridgehead atoms. The van der Waals surface area contributed by atoms with Crippen molar-refractivity contribution >= 4 is 23.5 Å². The maximum atomic E-state index is 12.4. The van der Waals surface area contributed by atoms with Gasteiger partial charge in [-0.15, -0.1) is 5.10 Å². The highest BCUT2D eigenvalue weighted by molar-refractivity contribution is 6.30. The van der Waals surface area contributed by atoms with E-state index in [0.29, 0.717) is 45.1 Å². The molecule has 9 heteroatoms. The third kappa shape index (κ3) is 3.35. The van der Waals surface area contributed by atoms with Crippen molar-refractivity contribution in [2.75, 3.05) is 19.5 Å². The molecule has 1 atom stereocenters. The summed E-state index contributed by atoms with van der Waals surface area (Å²) in [6, 6.07) is 12.0. The first kappa shape index (κ1) is 19.8. The summed E-state index contributed by atoms with van der Waals surface area (Å²) < 4.78 is 12.6. The molecule has 2 aromatic carbocycles. The van der Waals surface area contributed by atoms with Crippen molar-refractivity contribution in [1.29, 1.82) is 0 Å². The minimum absolute atomic E-state index is 0.358. The number of nitrogens with one attached hydrogen (secondary N) is 1. The predicted octanol–water partition coefficient (Wildman–Crippen LogP) is 3.39. The first-order chi connectivity index (χ1) is 14.4. The van der Waals surface area contributed by atoms with Gasteiger partial charge in [-0.25, -0.2) is 4.68 Å². The first-order valence-corrected chi connectivity index (χ1v) is 9.52. The average Bonchev–Trinajstić information content (AvgIpc) is 3.15. The molecule has 0 spiro atoms. The normalized spacial score (nSPS) is 15.4. The molecular formula is C21H20ClN5O3. The molecule has 1 aromatic heterocycles. The molecule has 2 heterocycles. The number of methoxy groups -OCH3 is 2. The number of benzene rings is 2. The number of amides is 1. The van der Waals surface area contributed by atoms with Gasteiger partial charge in [-0.1, -0.05) is 23.7 Å². The number of fused-ring (bicyclic) bond motifs is 1. The van der Waals surface area contributed by atoms with Crippen molar-refractivity contribution in [1.82, 2.24) is 14.8 Å². The zero-order valence-corrected chi connectivity index (χ0v) is 17.4. The topological polar surface area (TPSA) is 104 Å². The molecule has 1 aliphatic rings.